The van der Waals surface area contributed by atoms with E-state index in [4.69, 9.17) is 0 Å². The van der Waals surface area contributed by atoms with Crippen LogP contribution in [0, 0.1) is 0 Å². The van der Waals surface area contributed by atoms with Crippen molar-refractivity contribution >= 4 is 5.78 Å². The second kappa shape index (κ2) is 6.08. The van der Waals surface area contributed by atoms with E-state index in [1.165, 1.54) is 0 Å². The van der Waals surface area contributed by atoms with Crippen LogP contribution in [0.4, 0.5) is 0 Å². The van der Waals surface area contributed by atoms with E-state index in [1.54, 1.807) is 0 Å². The van der Waals surface area contributed by atoms with Gasteiger partial charge in [-0.25, -0.2) is 0 Å². The van der Waals surface area contributed by atoms with Gasteiger partial charge in [-0.3, -0.25) is 4.79 Å². The van der Waals surface area contributed by atoms with Gasteiger partial charge in [0.15, 0.2) is 5.78 Å². The lowest BCUT2D eigenvalue weighted by molar-refractivity contribution is -0.121. The van der Waals surface area contributed by atoms with Crippen LogP contribution < -0.4 is 0 Å². The molecule has 1 aliphatic carbocycles. The lowest BCUT2D eigenvalue weighted by Crippen LogP contribution is -2.38. The number of allylic oxidation sites excluding steroid dienone is 4. The molecule has 1 atom stereocenters. The number of ketones is 1. The zero-order valence-corrected chi connectivity index (χ0v) is 12.6. The normalized spacial score (nSPS) is 22.4. The Morgan fingerprint density at radius 3 is 2.40 bits per heavy atom. The molecule has 0 amide bonds. The highest BCUT2D eigenvalue weighted by Gasteiger charge is 2.37. The van der Waals surface area contributed by atoms with E-state index in [0.717, 1.165) is 30.8 Å². The minimum atomic E-state index is -0.470. The Morgan fingerprint density at radius 2 is 1.80 bits per heavy atom. The Kier molecular flexibility index (Phi) is 4.43. The molecule has 2 rings (SSSR count). The van der Waals surface area contributed by atoms with Crippen molar-refractivity contribution in [3.63, 3.8) is 0 Å². The molecule has 106 valence electrons. The van der Waals surface area contributed by atoms with Crippen LogP contribution in [0.1, 0.15) is 32.8 Å². The third-order valence-corrected chi connectivity index (χ3v) is 4.17. The van der Waals surface area contributed by atoms with Crippen LogP contribution in [-0.2, 0) is 10.2 Å². The number of benzene rings is 1. The van der Waals surface area contributed by atoms with Crippen LogP contribution in [-0.4, -0.2) is 23.8 Å². The minimum absolute atomic E-state index is 0.220. The Labute approximate surface area is 121 Å². The van der Waals surface area contributed by atoms with E-state index in [2.05, 4.69) is 43.9 Å². The highest BCUT2D eigenvalue weighted by molar-refractivity contribution is 6.03. The minimum Gasteiger partial charge on any atom is -0.369 e. The molecule has 1 unspecified atom stereocenters. The van der Waals surface area contributed by atoms with E-state index in [9.17, 15) is 4.79 Å². The molecule has 0 aromatic heterocycles. The van der Waals surface area contributed by atoms with Gasteiger partial charge in [0.1, 0.15) is 0 Å². The smallest absolute Gasteiger partial charge is 0.189 e. The van der Waals surface area contributed by atoms with Crippen molar-refractivity contribution < 1.29 is 4.79 Å². The molecular formula is C18H23NO. The molecule has 2 heteroatoms. The van der Waals surface area contributed by atoms with Crippen molar-refractivity contribution in [2.45, 2.75) is 32.6 Å². The number of hydrogen-bond donors (Lipinski definition) is 0. The SMILES string of the molecule is CCN(CC)C1=CC=CCC(C)(c2ccccc2)C1=O. The van der Waals surface area contributed by atoms with Gasteiger partial charge in [0.25, 0.3) is 0 Å². The summed E-state index contributed by atoms with van der Waals surface area (Å²) >= 11 is 0. The largest absolute Gasteiger partial charge is 0.369 e. The van der Waals surface area contributed by atoms with Gasteiger partial charge in [0.05, 0.1) is 11.1 Å². The highest BCUT2D eigenvalue weighted by atomic mass is 16.1. The number of hydrogen-bond acceptors (Lipinski definition) is 2. The monoisotopic (exact) mass is 269 g/mol. The van der Waals surface area contributed by atoms with Gasteiger partial charge in [-0.1, -0.05) is 42.5 Å². The maximum atomic E-state index is 13.1. The molecule has 0 aliphatic heterocycles. The number of rotatable bonds is 4. The van der Waals surface area contributed by atoms with Gasteiger partial charge in [0.2, 0.25) is 0 Å². The van der Waals surface area contributed by atoms with Crippen LogP contribution in [0.15, 0.2) is 54.3 Å². The first-order chi connectivity index (χ1) is 9.63. The Balaban J connectivity index is 2.44. The van der Waals surface area contributed by atoms with Crippen LogP contribution in [0.25, 0.3) is 0 Å². The second-order valence-electron chi connectivity index (χ2n) is 5.38. The van der Waals surface area contributed by atoms with E-state index >= 15 is 0 Å². The summed E-state index contributed by atoms with van der Waals surface area (Å²) in [4.78, 5) is 15.2. The fourth-order valence-corrected chi connectivity index (χ4v) is 2.78. The van der Waals surface area contributed by atoms with Gasteiger partial charge < -0.3 is 4.90 Å². The molecule has 2 nitrogen and oxygen atoms in total. The number of carbonyl (C=O) groups excluding carboxylic acids is 1. The summed E-state index contributed by atoms with van der Waals surface area (Å²) in [5.41, 5.74) is 1.45. The Hall–Kier alpha value is -1.83. The molecule has 0 heterocycles. The van der Waals surface area contributed by atoms with Crippen molar-refractivity contribution in [2.75, 3.05) is 13.1 Å². The van der Waals surface area contributed by atoms with Gasteiger partial charge in [-0.2, -0.15) is 0 Å². The van der Waals surface area contributed by atoms with Crippen molar-refractivity contribution in [3.05, 3.63) is 59.8 Å². The molecule has 0 N–H and O–H groups in total. The Morgan fingerprint density at radius 1 is 1.15 bits per heavy atom. The summed E-state index contributed by atoms with van der Waals surface area (Å²) in [6.07, 6.45) is 6.82. The molecule has 0 saturated carbocycles. The first-order valence-electron chi connectivity index (χ1n) is 7.35. The maximum absolute atomic E-state index is 13.1. The van der Waals surface area contributed by atoms with Gasteiger partial charge in [0, 0.05) is 13.1 Å². The molecule has 0 fully saturated rings. The maximum Gasteiger partial charge on any atom is 0.189 e. The zero-order valence-electron chi connectivity index (χ0n) is 12.6. The highest BCUT2D eigenvalue weighted by Crippen LogP contribution is 2.34. The number of Topliss-reactive ketones (excluding diaryl/α,β-unsaturated/α-hetero) is 1. The zero-order chi connectivity index (χ0) is 14.6. The van der Waals surface area contributed by atoms with Crippen molar-refractivity contribution in [2.24, 2.45) is 0 Å². The Bertz CT molecular complexity index is 526. The quantitative estimate of drug-likeness (QED) is 0.830. The van der Waals surface area contributed by atoms with Crippen LogP contribution in [0.2, 0.25) is 0 Å². The van der Waals surface area contributed by atoms with E-state index in [0.29, 0.717) is 0 Å². The van der Waals surface area contributed by atoms with E-state index in [1.807, 2.05) is 30.4 Å². The van der Waals surface area contributed by atoms with Gasteiger partial charge >= 0.3 is 0 Å². The predicted molar refractivity (Wildman–Crippen MR) is 83.6 cm³/mol. The third-order valence-electron chi connectivity index (χ3n) is 4.17. The molecule has 1 aromatic carbocycles. The average molecular weight is 269 g/mol. The summed E-state index contributed by atoms with van der Waals surface area (Å²) in [5.74, 6) is 0.220. The molecule has 0 radical (unpaired) electrons. The topological polar surface area (TPSA) is 20.3 Å². The summed E-state index contributed by atoms with van der Waals surface area (Å²) in [6.45, 7) is 7.94. The fourth-order valence-electron chi connectivity index (χ4n) is 2.78. The van der Waals surface area contributed by atoms with Gasteiger partial charge in [-0.15, -0.1) is 0 Å². The number of carbonyl (C=O) groups is 1. The number of nitrogens with zero attached hydrogens (tertiary/aromatic N) is 1. The molecule has 0 bridgehead atoms. The third kappa shape index (κ3) is 2.55. The average Bonchev–Trinajstić information content (AvgIpc) is 2.64. The molecule has 0 saturated heterocycles. The molecular weight excluding hydrogens is 246 g/mol. The standard InChI is InChI=1S/C18H23NO/c1-4-19(5-2)16-13-9-10-14-18(3,17(16)20)15-11-7-6-8-12-15/h6-13H,4-5,14H2,1-3H3. The van der Waals surface area contributed by atoms with Gasteiger partial charge in [-0.05, 0) is 38.8 Å². The predicted octanol–water partition coefficient (Wildman–Crippen LogP) is 3.70. The van der Waals surface area contributed by atoms with Crippen molar-refractivity contribution in [1.82, 2.24) is 4.90 Å². The molecule has 0 spiro atoms. The van der Waals surface area contributed by atoms with Crippen LogP contribution in [0.5, 0.6) is 0 Å². The van der Waals surface area contributed by atoms with Crippen LogP contribution in [0.3, 0.4) is 0 Å². The summed E-state index contributed by atoms with van der Waals surface area (Å²) in [6, 6.07) is 10.1. The summed E-state index contributed by atoms with van der Waals surface area (Å²) < 4.78 is 0. The van der Waals surface area contributed by atoms with E-state index < -0.39 is 5.41 Å². The first kappa shape index (κ1) is 14.6. The number of likely N-dealkylation sites (N-methyl/N-ethyl adjacent to an activating group) is 1. The summed E-state index contributed by atoms with van der Waals surface area (Å²) in [7, 11) is 0. The first-order valence-corrected chi connectivity index (χ1v) is 7.35. The van der Waals surface area contributed by atoms with Crippen molar-refractivity contribution in [3.8, 4) is 0 Å². The van der Waals surface area contributed by atoms with Crippen molar-refractivity contribution in [1.29, 1.82) is 0 Å². The fraction of sp³-hybridized carbons (Fsp3) is 0.389. The lowest BCUT2D eigenvalue weighted by Gasteiger charge is -2.32. The van der Waals surface area contributed by atoms with E-state index in [-0.39, 0.29) is 5.78 Å². The molecule has 20 heavy (non-hydrogen) atoms. The lowest BCUT2D eigenvalue weighted by atomic mass is 9.75. The van der Waals surface area contributed by atoms with Crippen LogP contribution >= 0.6 is 0 Å². The summed E-state index contributed by atoms with van der Waals surface area (Å²) in [5, 5.41) is 0. The molecule has 1 aromatic rings. The molecule has 1 aliphatic rings. The second-order valence-corrected chi connectivity index (χ2v) is 5.38.